The van der Waals surface area contributed by atoms with Gasteiger partial charge in [0.2, 0.25) is 0 Å². The summed E-state index contributed by atoms with van der Waals surface area (Å²) >= 11 is 7.69. The van der Waals surface area contributed by atoms with E-state index in [9.17, 15) is 0 Å². The molecule has 1 aromatic rings. The SMILES string of the molecule is Clc1ccc(SC2CCCN2)cc1. The zero-order valence-corrected chi connectivity index (χ0v) is 8.87. The highest BCUT2D eigenvalue weighted by molar-refractivity contribution is 7.99. The van der Waals surface area contributed by atoms with Crippen molar-refractivity contribution in [2.45, 2.75) is 23.1 Å². The van der Waals surface area contributed by atoms with Crippen LogP contribution in [0.5, 0.6) is 0 Å². The van der Waals surface area contributed by atoms with E-state index in [1.165, 1.54) is 17.7 Å². The average molecular weight is 214 g/mol. The number of nitrogens with one attached hydrogen (secondary N) is 1. The Kier molecular flexibility index (Phi) is 3.14. The van der Waals surface area contributed by atoms with Gasteiger partial charge in [-0.3, -0.25) is 0 Å². The first-order chi connectivity index (χ1) is 6.34. The van der Waals surface area contributed by atoms with Crippen LogP contribution in [0.2, 0.25) is 5.02 Å². The van der Waals surface area contributed by atoms with Gasteiger partial charge in [0.15, 0.2) is 0 Å². The number of halogens is 1. The van der Waals surface area contributed by atoms with Crippen LogP contribution in [0.25, 0.3) is 0 Å². The third kappa shape index (κ3) is 2.63. The van der Waals surface area contributed by atoms with Crippen LogP contribution in [0.1, 0.15) is 12.8 Å². The highest BCUT2D eigenvalue weighted by Crippen LogP contribution is 2.27. The molecule has 0 bridgehead atoms. The Bertz CT molecular complexity index is 267. The zero-order chi connectivity index (χ0) is 9.10. The van der Waals surface area contributed by atoms with Gasteiger partial charge in [-0.15, -0.1) is 11.8 Å². The molecule has 70 valence electrons. The van der Waals surface area contributed by atoms with Crippen LogP contribution in [-0.4, -0.2) is 11.9 Å². The first kappa shape index (κ1) is 9.38. The molecule has 0 spiro atoms. The summed E-state index contributed by atoms with van der Waals surface area (Å²) in [7, 11) is 0. The van der Waals surface area contributed by atoms with Gasteiger partial charge in [0.05, 0.1) is 5.37 Å². The van der Waals surface area contributed by atoms with E-state index in [-0.39, 0.29) is 0 Å². The Hall–Kier alpha value is -0.180. The fourth-order valence-electron chi connectivity index (χ4n) is 1.43. The van der Waals surface area contributed by atoms with E-state index in [1.807, 2.05) is 23.9 Å². The third-order valence-corrected chi connectivity index (χ3v) is 3.59. The van der Waals surface area contributed by atoms with Crippen molar-refractivity contribution in [2.75, 3.05) is 6.54 Å². The van der Waals surface area contributed by atoms with Gasteiger partial charge in [-0.25, -0.2) is 0 Å². The van der Waals surface area contributed by atoms with Gasteiger partial charge < -0.3 is 5.32 Å². The lowest BCUT2D eigenvalue weighted by Gasteiger charge is -2.08. The normalized spacial score (nSPS) is 22.1. The second kappa shape index (κ2) is 4.36. The van der Waals surface area contributed by atoms with Gasteiger partial charge >= 0.3 is 0 Å². The fourth-order valence-corrected chi connectivity index (χ4v) is 2.66. The topological polar surface area (TPSA) is 12.0 Å². The molecule has 1 N–H and O–H groups in total. The fraction of sp³-hybridized carbons (Fsp3) is 0.400. The molecule has 1 saturated heterocycles. The first-order valence-electron chi connectivity index (χ1n) is 4.50. The van der Waals surface area contributed by atoms with Crippen molar-refractivity contribution in [3.8, 4) is 0 Å². The van der Waals surface area contributed by atoms with E-state index >= 15 is 0 Å². The van der Waals surface area contributed by atoms with Crippen LogP contribution in [-0.2, 0) is 0 Å². The predicted molar refractivity (Wildman–Crippen MR) is 58.3 cm³/mol. The summed E-state index contributed by atoms with van der Waals surface area (Å²) in [5, 5.41) is 4.86. The molecule has 2 rings (SSSR count). The molecule has 1 aromatic carbocycles. The maximum atomic E-state index is 5.80. The van der Waals surface area contributed by atoms with Gasteiger partial charge in [-0.2, -0.15) is 0 Å². The molecular formula is C10H12ClNS. The van der Waals surface area contributed by atoms with E-state index in [0.717, 1.165) is 11.6 Å². The molecule has 0 radical (unpaired) electrons. The van der Waals surface area contributed by atoms with Crippen LogP contribution < -0.4 is 5.32 Å². The Morgan fingerprint density at radius 2 is 2.08 bits per heavy atom. The highest BCUT2D eigenvalue weighted by Gasteiger charge is 2.14. The van der Waals surface area contributed by atoms with E-state index < -0.39 is 0 Å². The number of hydrogen-bond donors (Lipinski definition) is 1. The van der Waals surface area contributed by atoms with Crippen LogP contribution >= 0.6 is 23.4 Å². The van der Waals surface area contributed by atoms with Crippen molar-refractivity contribution in [3.63, 3.8) is 0 Å². The minimum absolute atomic E-state index is 0.598. The lowest BCUT2D eigenvalue weighted by molar-refractivity contribution is 0.806. The molecule has 3 heteroatoms. The highest BCUT2D eigenvalue weighted by atomic mass is 35.5. The number of thioether (sulfide) groups is 1. The largest absolute Gasteiger partial charge is 0.305 e. The number of benzene rings is 1. The Morgan fingerprint density at radius 1 is 1.31 bits per heavy atom. The molecule has 1 unspecified atom stereocenters. The molecule has 1 heterocycles. The molecule has 1 atom stereocenters. The minimum atomic E-state index is 0.598. The lowest BCUT2D eigenvalue weighted by Crippen LogP contribution is -2.16. The van der Waals surface area contributed by atoms with Crippen molar-refractivity contribution in [2.24, 2.45) is 0 Å². The summed E-state index contributed by atoms with van der Waals surface area (Å²) in [6, 6.07) is 8.04. The maximum Gasteiger partial charge on any atom is 0.0580 e. The molecule has 1 aliphatic heterocycles. The molecule has 0 aliphatic carbocycles. The van der Waals surface area contributed by atoms with Gasteiger partial charge in [-0.1, -0.05) is 11.6 Å². The van der Waals surface area contributed by atoms with Crippen molar-refractivity contribution >= 4 is 23.4 Å². The molecule has 0 aromatic heterocycles. The summed E-state index contributed by atoms with van der Waals surface area (Å²) in [5.74, 6) is 0. The van der Waals surface area contributed by atoms with Gasteiger partial charge in [0.25, 0.3) is 0 Å². The summed E-state index contributed by atoms with van der Waals surface area (Å²) in [5.41, 5.74) is 0. The standard InChI is InChI=1S/C10H12ClNS/c11-8-3-5-9(6-4-8)13-10-2-1-7-12-10/h3-6,10,12H,1-2,7H2. The minimum Gasteiger partial charge on any atom is -0.305 e. The van der Waals surface area contributed by atoms with Gasteiger partial charge in [0, 0.05) is 9.92 Å². The van der Waals surface area contributed by atoms with E-state index in [2.05, 4.69) is 17.4 Å². The summed E-state index contributed by atoms with van der Waals surface area (Å²) in [6.45, 7) is 1.16. The van der Waals surface area contributed by atoms with Gasteiger partial charge in [-0.05, 0) is 43.7 Å². The number of rotatable bonds is 2. The first-order valence-corrected chi connectivity index (χ1v) is 5.76. The summed E-state index contributed by atoms with van der Waals surface area (Å²) in [4.78, 5) is 1.30. The molecule has 1 aliphatic rings. The average Bonchev–Trinajstić information content (AvgIpc) is 2.62. The van der Waals surface area contributed by atoms with Crippen molar-refractivity contribution < 1.29 is 0 Å². The summed E-state index contributed by atoms with van der Waals surface area (Å²) < 4.78 is 0. The molecule has 0 saturated carbocycles. The van der Waals surface area contributed by atoms with Gasteiger partial charge in [0.1, 0.15) is 0 Å². The van der Waals surface area contributed by atoms with Crippen LogP contribution in [0.15, 0.2) is 29.2 Å². The molecular weight excluding hydrogens is 202 g/mol. The Balaban J connectivity index is 1.97. The Labute approximate surface area is 87.9 Å². The van der Waals surface area contributed by atoms with Crippen LogP contribution in [0.4, 0.5) is 0 Å². The second-order valence-electron chi connectivity index (χ2n) is 3.16. The predicted octanol–water partition coefficient (Wildman–Crippen LogP) is 3.14. The lowest BCUT2D eigenvalue weighted by atomic mass is 10.4. The molecule has 1 fully saturated rings. The van der Waals surface area contributed by atoms with Crippen LogP contribution in [0.3, 0.4) is 0 Å². The van der Waals surface area contributed by atoms with E-state index in [4.69, 9.17) is 11.6 Å². The van der Waals surface area contributed by atoms with Crippen LogP contribution in [0, 0.1) is 0 Å². The zero-order valence-electron chi connectivity index (χ0n) is 7.29. The molecule has 1 nitrogen and oxygen atoms in total. The smallest absolute Gasteiger partial charge is 0.0580 e. The quantitative estimate of drug-likeness (QED) is 0.810. The van der Waals surface area contributed by atoms with Crippen molar-refractivity contribution in [3.05, 3.63) is 29.3 Å². The third-order valence-electron chi connectivity index (χ3n) is 2.11. The Morgan fingerprint density at radius 3 is 2.69 bits per heavy atom. The van der Waals surface area contributed by atoms with E-state index in [1.54, 1.807) is 0 Å². The van der Waals surface area contributed by atoms with E-state index in [0.29, 0.717) is 5.37 Å². The molecule has 13 heavy (non-hydrogen) atoms. The monoisotopic (exact) mass is 213 g/mol. The number of hydrogen-bond acceptors (Lipinski definition) is 2. The second-order valence-corrected chi connectivity index (χ2v) is 4.87. The molecule has 0 amide bonds. The maximum absolute atomic E-state index is 5.80. The van der Waals surface area contributed by atoms with Crippen molar-refractivity contribution in [1.82, 2.24) is 5.32 Å². The van der Waals surface area contributed by atoms with Crippen molar-refractivity contribution in [1.29, 1.82) is 0 Å². The summed E-state index contributed by atoms with van der Waals surface area (Å²) in [6.07, 6.45) is 2.57.